The summed E-state index contributed by atoms with van der Waals surface area (Å²) >= 11 is 0. The second kappa shape index (κ2) is 5.26. The van der Waals surface area contributed by atoms with Gasteiger partial charge in [0.2, 0.25) is 10.0 Å². The van der Waals surface area contributed by atoms with Crippen molar-refractivity contribution in [3.63, 3.8) is 0 Å². The maximum absolute atomic E-state index is 12.3. The molecule has 0 radical (unpaired) electrons. The summed E-state index contributed by atoms with van der Waals surface area (Å²) in [5.74, 6) is 1.09. The summed E-state index contributed by atoms with van der Waals surface area (Å²) in [6.07, 6.45) is 0.536. The monoisotopic (exact) mass is 286 g/mol. The van der Waals surface area contributed by atoms with E-state index in [1.807, 2.05) is 0 Å². The summed E-state index contributed by atoms with van der Waals surface area (Å²) in [6.45, 7) is 0.560. The van der Waals surface area contributed by atoms with E-state index >= 15 is 0 Å². The van der Waals surface area contributed by atoms with Crippen LogP contribution in [0.15, 0.2) is 18.2 Å². The minimum absolute atomic E-state index is 0.136. The van der Waals surface area contributed by atoms with Crippen LogP contribution in [0.5, 0.6) is 11.5 Å². The first-order valence-corrected chi connectivity index (χ1v) is 7.48. The first-order valence-electron chi connectivity index (χ1n) is 5.98. The summed E-state index contributed by atoms with van der Waals surface area (Å²) in [6, 6.07) is 5.07. The predicted octanol–water partition coefficient (Wildman–Crippen LogP) is 0.571. The lowest BCUT2D eigenvalue weighted by atomic mass is 10.2. The molecule has 1 aromatic rings. The highest BCUT2D eigenvalue weighted by molar-refractivity contribution is 7.93. The Morgan fingerprint density at radius 3 is 2.63 bits per heavy atom. The number of hydrogen-bond acceptors (Lipinski definition) is 5. The van der Waals surface area contributed by atoms with Crippen molar-refractivity contribution in [2.75, 3.05) is 31.6 Å². The third kappa shape index (κ3) is 2.35. The number of benzene rings is 1. The SMILES string of the molecule is COc1ccc(N2CCC(CN)S2(=O)=O)c(OC)c1. The number of ether oxygens (including phenoxy) is 2. The first kappa shape index (κ1) is 14.0. The van der Waals surface area contributed by atoms with Gasteiger partial charge < -0.3 is 15.2 Å². The van der Waals surface area contributed by atoms with Crippen molar-refractivity contribution in [1.82, 2.24) is 0 Å². The van der Waals surface area contributed by atoms with E-state index in [9.17, 15) is 8.42 Å². The van der Waals surface area contributed by atoms with Crippen molar-refractivity contribution in [3.05, 3.63) is 18.2 Å². The minimum Gasteiger partial charge on any atom is -0.497 e. The molecule has 1 unspecified atom stereocenters. The molecule has 0 bridgehead atoms. The van der Waals surface area contributed by atoms with Crippen molar-refractivity contribution in [1.29, 1.82) is 0 Å². The molecule has 1 fully saturated rings. The van der Waals surface area contributed by atoms with Gasteiger partial charge in [-0.2, -0.15) is 0 Å². The number of sulfonamides is 1. The second-order valence-corrected chi connectivity index (χ2v) is 6.44. The molecule has 7 heteroatoms. The van der Waals surface area contributed by atoms with Gasteiger partial charge in [0.15, 0.2) is 0 Å². The van der Waals surface area contributed by atoms with Crippen LogP contribution in [0.1, 0.15) is 6.42 Å². The summed E-state index contributed by atoms with van der Waals surface area (Å²) in [5.41, 5.74) is 6.04. The minimum atomic E-state index is -3.40. The van der Waals surface area contributed by atoms with Crippen molar-refractivity contribution >= 4 is 15.7 Å². The lowest BCUT2D eigenvalue weighted by Gasteiger charge is -2.21. The molecule has 1 atom stereocenters. The van der Waals surface area contributed by atoms with Crippen LogP contribution < -0.4 is 19.5 Å². The van der Waals surface area contributed by atoms with E-state index in [0.717, 1.165) is 0 Å². The largest absolute Gasteiger partial charge is 0.497 e. The van der Waals surface area contributed by atoms with E-state index in [-0.39, 0.29) is 6.54 Å². The number of methoxy groups -OCH3 is 2. The van der Waals surface area contributed by atoms with E-state index in [4.69, 9.17) is 15.2 Å². The van der Waals surface area contributed by atoms with Gasteiger partial charge in [-0.25, -0.2) is 8.42 Å². The molecule has 1 aliphatic heterocycles. The predicted molar refractivity (Wildman–Crippen MR) is 73.3 cm³/mol. The number of anilines is 1. The maximum atomic E-state index is 12.3. The lowest BCUT2D eigenvalue weighted by molar-refractivity contribution is 0.395. The Hall–Kier alpha value is -1.47. The molecule has 2 rings (SSSR count). The molecule has 0 saturated carbocycles. The van der Waals surface area contributed by atoms with Crippen LogP contribution in [-0.4, -0.2) is 41.0 Å². The highest BCUT2D eigenvalue weighted by atomic mass is 32.2. The van der Waals surface area contributed by atoms with Gasteiger partial charge in [0.05, 0.1) is 25.2 Å². The quantitative estimate of drug-likeness (QED) is 0.875. The van der Waals surface area contributed by atoms with Crippen molar-refractivity contribution in [2.24, 2.45) is 5.73 Å². The van der Waals surface area contributed by atoms with Crippen molar-refractivity contribution in [3.8, 4) is 11.5 Å². The molecule has 1 saturated heterocycles. The van der Waals surface area contributed by atoms with Gasteiger partial charge in [-0.3, -0.25) is 4.31 Å². The van der Waals surface area contributed by atoms with Gasteiger partial charge in [-0.1, -0.05) is 0 Å². The first-order chi connectivity index (χ1) is 9.04. The van der Waals surface area contributed by atoms with E-state index in [0.29, 0.717) is 30.2 Å². The average molecular weight is 286 g/mol. The number of rotatable bonds is 4. The highest BCUT2D eigenvalue weighted by Crippen LogP contribution is 2.37. The topological polar surface area (TPSA) is 81.9 Å². The van der Waals surface area contributed by atoms with Gasteiger partial charge >= 0.3 is 0 Å². The lowest BCUT2D eigenvalue weighted by Crippen LogP contribution is -2.33. The second-order valence-electron chi connectivity index (χ2n) is 4.30. The number of nitrogens with two attached hydrogens (primary N) is 1. The van der Waals surface area contributed by atoms with E-state index < -0.39 is 15.3 Å². The van der Waals surface area contributed by atoms with E-state index in [1.54, 1.807) is 25.3 Å². The Bertz CT molecular complexity index is 559. The fraction of sp³-hybridized carbons (Fsp3) is 0.500. The molecule has 106 valence electrons. The molecule has 2 N–H and O–H groups in total. The van der Waals surface area contributed by atoms with Gasteiger partial charge in [-0.05, 0) is 18.6 Å². The Kier molecular flexibility index (Phi) is 3.86. The molecular formula is C12H18N2O4S. The van der Waals surface area contributed by atoms with Crippen LogP contribution in [0.25, 0.3) is 0 Å². The number of hydrogen-bond donors (Lipinski definition) is 1. The number of nitrogens with zero attached hydrogens (tertiary/aromatic N) is 1. The third-order valence-electron chi connectivity index (χ3n) is 3.30. The van der Waals surface area contributed by atoms with Gasteiger partial charge in [0.1, 0.15) is 11.5 Å². The van der Waals surface area contributed by atoms with E-state index in [1.165, 1.54) is 11.4 Å². The summed E-state index contributed by atoms with van der Waals surface area (Å²) in [4.78, 5) is 0. The van der Waals surface area contributed by atoms with Gasteiger partial charge in [-0.15, -0.1) is 0 Å². The molecule has 0 aromatic heterocycles. The molecule has 0 spiro atoms. The van der Waals surface area contributed by atoms with Crippen LogP contribution in [-0.2, 0) is 10.0 Å². The Balaban J connectivity index is 2.43. The fourth-order valence-corrected chi connectivity index (χ4v) is 4.00. The zero-order valence-corrected chi connectivity index (χ0v) is 11.8. The van der Waals surface area contributed by atoms with Crippen LogP contribution in [0.4, 0.5) is 5.69 Å². The Morgan fingerprint density at radius 1 is 1.37 bits per heavy atom. The molecule has 1 heterocycles. The average Bonchev–Trinajstić information content (AvgIpc) is 2.72. The molecule has 6 nitrogen and oxygen atoms in total. The summed E-state index contributed by atoms with van der Waals surface area (Å²) in [7, 11) is -0.347. The Labute approximate surface area is 113 Å². The molecular weight excluding hydrogens is 268 g/mol. The molecule has 1 aromatic carbocycles. The van der Waals surface area contributed by atoms with Crippen LogP contribution in [0.3, 0.4) is 0 Å². The molecule has 0 aliphatic carbocycles. The zero-order chi connectivity index (χ0) is 14.0. The Morgan fingerprint density at radius 2 is 2.11 bits per heavy atom. The van der Waals surface area contributed by atoms with Crippen LogP contribution >= 0.6 is 0 Å². The normalized spacial score (nSPS) is 21.4. The molecule has 19 heavy (non-hydrogen) atoms. The van der Waals surface area contributed by atoms with Crippen molar-refractivity contribution < 1.29 is 17.9 Å². The standard InChI is InChI=1S/C12H18N2O4S/c1-17-9-3-4-11(12(7-9)18-2)14-6-5-10(8-13)19(14,15)16/h3-4,7,10H,5-6,8,13H2,1-2H3. The van der Waals surface area contributed by atoms with Gasteiger partial charge in [0, 0.05) is 19.2 Å². The summed E-state index contributed by atoms with van der Waals surface area (Å²) in [5, 5.41) is -0.515. The van der Waals surface area contributed by atoms with Crippen LogP contribution in [0.2, 0.25) is 0 Å². The third-order valence-corrected chi connectivity index (χ3v) is 5.57. The van der Waals surface area contributed by atoms with Crippen molar-refractivity contribution in [2.45, 2.75) is 11.7 Å². The van der Waals surface area contributed by atoms with Gasteiger partial charge in [0.25, 0.3) is 0 Å². The summed E-state index contributed by atoms with van der Waals surface area (Å²) < 4.78 is 36.3. The molecule has 0 amide bonds. The van der Waals surface area contributed by atoms with E-state index in [2.05, 4.69) is 0 Å². The maximum Gasteiger partial charge on any atom is 0.239 e. The highest BCUT2D eigenvalue weighted by Gasteiger charge is 2.39. The fourth-order valence-electron chi connectivity index (χ4n) is 2.21. The molecule has 1 aliphatic rings. The zero-order valence-electron chi connectivity index (χ0n) is 11.0. The van der Waals surface area contributed by atoms with Crippen LogP contribution in [0, 0.1) is 0 Å². The smallest absolute Gasteiger partial charge is 0.239 e.